The van der Waals surface area contributed by atoms with Crippen LogP contribution in [0.1, 0.15) is 1.43 Å². The Morgan fingerprint density at radius 3 is 0.500 bits per heavy atom. The van der Waals surface area contributed by atoms with Crippen LogP contribution in [0, 0.1) is 0 Å². The minimum atomic E-state index is 0. The molecule has 6 heavy (non-hydrogen) atoms. The molecule has 0 radical (unpaired) electrons. The summed E-state index contributed by atoms with van der Waals surface area (Å²) in [4.78, 5) is 0. The summed E-state index contributed by atoms with van der Waals surface area (Å²) >= 11 is 0. The first kappa shape index (κ1) is 57.4. The van der Waals surface area contributed by atoms with E-state index in [4.69, 9.17) is 0 Å². The Bertz CT molecular complexity index is 8.04. The van der Waals surface area contributed by atoms with Crippen molar-refractivity contribution in [2.75, 3.05) is 0 Å². The first-order valence-corrected chi connectivity index (χ1v) is 0. The fourth-order valence-electron chi connectivity index (χ4n) is 0. The Morgan fingerprint density at radius 2 is 0.500 bits per heavy atom. The van der Waals surface area contributed by atoms with Gasteiger partial charge in [0, 0.05) is 0 Å². The van der Waals surface area contributed by atoms with Crippen molar-refractivity contribution in [1.82, 2.24) is 0 Å². The van der Waals surface area contributed by atoms with Crippen LogP contribution >= 0.6 is 84.9 Å². The summed E-state index contributed by atoms with van der Waals surface area (Å²) in [7, 11) is 0. The van der Waals surface area contributed by atoms with E-state index in [0.717, 1.165) is 0 Å². The molecule has 42 valence electrons. The molecule has 0 heterocycles. The van der Waals surface area contributed by atoms with Crippen LogP contribution in [-0.4, -0.2) is 0 Å². The minimum Gasteiger partial charge on any atom is -1.00 e. The van der Waals surface area contributed by atoms with E-state index in [1.165, 1.54) is 0 Å². The van der Waals surface area contributed by atoms with Crippen LogP contribution in [0.4, 0.5) is 0 Å². The van der Waals surface area contributed by atoms with Crippen LogP contribution in [0.25, 0.3) is 0 Å². The second kappa shape index (κ2) is 39.8. The predicted molar refractivity (Wildman–Crippen MR) is 52.7 cm³/mol. The molecule has 0 aliphatic carbocycles. The van der Waals surface area contributed by atoms with Gasteiger partial charge in [-0.05, 0) is 0 Å². The molecule has 0 aliphatic heterocycles. The third kappa shape index (κ3) is 26.2. The second-order valence-corrected chi connectivity index (χ2v) is 0. The standard InChI is InChI=1S/5BrH.Na.H/h5*1H;;/q;;;;;+1;-1. The van der Waals surface area contributed by atoms with Gasteiger partial charge in [-0.2, -0.15) is 0 Å². The molecule has 0 aromatic carbocycles. The fraction of sp³-hybridized carbons (Fsp3) is 0. The largest absolute Gasteiger partial charge is 1.00 e. The van der Waals surface area contributed by atoms with E-state index in [0.29, 0.717) is 0 Å². The Labute approximate surface area is 114 Å². The zero-order valence-electron chi connectivity index (χ0n) is 4.04. The molecule has 0 aromatic rings. The summed E-state index contributed by atoms with van der Waals surface area (Å²) in [5, 5.41) is 0. The maximum absolute atomic E-state index is 0. The molecule has 0 rings (SSSR count). The van der Waals surface area contributed by atoms with Gasteiger partial charge < -0.3 is 1.43 Å². The van der Waals surface area contributed by atoms with E-state index in [1.54, 1.807) is 0 Å². The van der Waals surface area contributed by atoms with E-state index >= 15 is 0 Å². The van der Waals surface area contributed by atoms with Crippen molar-refractivity contribution in [1.29, 1.82) is 0 Å². The Kier molecular flexibility index (Phi) is 381. The summed E-state index contributed by atoms with van der Waals surface area (Å²) in [5.41, 5.74) is 0. The zero-order chi connectivity index (χ0) is 0. The van der Waals surface area contributed by atoms with Crippen molar-refractivity contribution >= 4 is 84.9 Å². The van der Waals surface area contributed by atoms with Crippen molar-refractivity contribution < 1.29 is 31.0 Å². The third-order valence-corrected chi connectivity index (χ3v) is 0. The monoisotopic (exact) mass is 424 g/mol. The Balaban J connectivity index is 0. The number of rotatable bonds is 0. The third-order valence-electron chi connectivity index (χ3n) is 0. The first-order valence-electron chi connectivity index (χ1n) is 0. The summed E-state index contributed by atoms with van der Waals surface area (Å²) in [6.45, 7) is 0. The summed E-state index contributed by atoms with van der Waals surface area (Å²) in [6.07, 6.45) is 0. The van der Waals surface area contributed by atoms with Crippen molar-refractivity contribution in [2.45, 2.75) is 0 Å². The Hall–Kier alpha value is 3.40. The molecule has 0 unspecified atom stereocenters. The maximum Gasteiger partial charge on any atom is 1.00 e. The molecule has 0 saturated carbocycles. The SMILES string of the molecule is Br.Br.Br.Br.Br.[H-].[Na+]. The Morgan fingerprint density at radius 1 is 0.500 bits per heavy atom. The molecule has 0 fully saturated rings. The number of hydrogen-bond donors (Lipinski definition) is 0. The van der Waals surface area contributed by atoms with E-state index in [1.807, 2.05) is 0 Å². The first-order chi connectivity index (χ1) is 0. The molecule has 0 saturated heterocycles. The van der Waals surface area contributed by atoms with Gasteiger partial charge >= 0.3 is 29.6 Å². The zero-order valence-corrected chi connectivity index (χ0v) is 13.6. The van der Waals surface area contributed by atoms with Crippen LogP contribution in [0.3, 0.4) is 0 Å². The van der Waals surface area contributed by atoms with Crippen LogP contribution in [0.5, 0.6) is 0 Å². The predicted octanol–water partition coefficient (Wildman–Crippen LogP) is 0.00600. The van der Waals surface area contributed by atoms with Crippen LogP contribution in [0.15, 0.2) is 0 Å². The van der Waals surface area contributed by atoms with Gasteiger partial charge in [0.05, 0.1) is 0 Å². The van der Waals surface area contributed by atoms with Gasteiger partial charge in [-0.1, -0.05) is 0 Å². The van der Waals surface area contributed by atoms with Crippen molar-refractivity contribution in [3.05, 3.63) is 0 Å². The van der Waals surface area contributed by atoms with Crippen molar-refractivity contribution in [2.24, 2.45) is 0 Å². The number of halogens is 5. The van der Waals surface area contributed by atoms with Gasteiger partial charge in [-0.25, -0.2) is 0 Å². The molecule has 0 bridgehead atoms. The molecular formula is H6Br5Na. The topological polar surface area (TPSA) is 0 Å². The molecule has 0 N–H and O–H groups in total. The summed E-state index contributed by atoms with van der Waals surface area (Å²) < 4.78 is 0. The molecule has 0 nitrogen and oxygen atoms in total. The molecule has 0 aliphatic rings. The summed E-state index contributed by atoms with van der Waals surface area (Å²) in [5.74, 6) is 0. The molecule has 0 spiro atoms. The number of hydrogen-bond acceptors (Lipinski definition) is 0. The van der Waals surface area contributed by atoms with E-state index < -0.39 is 0 Å². The van der Waals surface area contributed by atoms with E-state index in [2.05, 4.69) is 0 Å². The molecule has 0 aromatic heterocycles. The minimum absolute atomic E-state index is 0. The van der Waals surface area contributed by atoms with Gasteiger partial charge in [0.25, 0.3) is 0 Å². The maximum atomic E-state index is 0. The van der Waals surface area contributed by atoms with Crippen LogP contribution in [0.2, 0.25) is 0 Å². The van der Waals surface area contributed by atoms with Crippen molar-refractivity contribution in [3.63, 3.8) is 0 Å². The van der Waals surface area contributed by atoms with Gasteiger partial charge in [0.2, 0.25) is 0 Å². The average Bonchev–Trinajstić information content (AvgIpc) is 0. The molecular weight excluding hydrogens is 423 g/mol. The van der Waals surface area contributed by atoms with Gasteiger partial charge in [0.15, 0.2) is 0 Å². The van der Waals surface area contributed by atoms with Gasteiger partial charge in [-0.3, -0.25) is 0 Å². The molecule has 6 heteroatoms. The smallest absolute Gasteiger partial charge is 1.00 e. The fourth-order valence-corrected chi connectivity index (χ4v) is 0. The molecule has 0 atom stereocenters. The molecule has 0 amide bonds. The normalized spacial score (nSPS) is 0. The van der Waals surface area contributed by atoms with Crippen molar-refractivity contribution in [3.8, 4) is 0 Å². The van der Waals surface area contributed by atoms with Crippen LogP contribution in [-0.2, 0) is 0 Å². The quantitative estimate of drug-likeness (QED) is 0.477. The van der Waals surface area contributed by atoms with Crippen LogP contribution < -0.4 is 29.6 Å². The summed E-state index contributed by atoms with van der Waals surface area (Å²) in [6, 6.07) is 0. The van der Waals surface area contributed by atoms with E-state index in [-0.39, 0.29) is 116 Å². The second-order valence-electron chi connectivity index (χ2n) is 0. The average molecular weight is 429 g/mol. The van der Waals surface area contributed by atoms with Gasteiger partial charge in [0.1, 0.15) is 0 Å². The van der Waals surface area contributed by atoms with Gasteiger partial charge in [-0.15, -0.1) is 84.9 Å². The van der Waals surface area contributed by atoms with E-state index in [9.17, 15) is 0 Å².